The number of nitrogens with one attached hydrogen (secondary N) is 1. The van der Waals surface area contributed by atoms with Crippen LogP contribution in [0.15, 0.2) is 24.3 Å². The minimum atomic E-state index is 0. The molecule has 0 saturated heterocycles. The Bertz CT molecular complexity index is 213. The number of benzene rings is 1. The van der Waals surface area contributed by atoms with E-state index in [-0.39, 0.29) is 58.9 Å². The van der Waals surface area contributed by atoms with Crippen molar-refractivity contribution in [2.45, 2.75) is 6.92 Å². The monoisotopic (exact) mass is 292 g/mol. The molecular formula is C7H9Cl3NSTi. The van der Waals surface area contributed by atoms with Crippen molar-refractivity contribution < 1.29 is 58.9 Å². The van der Waals surface area contributed by atoms with Crippen molar-refractivity contribution in [3.63, 3.8) is 0 Å². The molecule has 1 radical (unpaired) electrons. The molecule has 0 atom stereocenters. The Labute approximate surface area is 118 Å². The summed E-state index contributed by atoms with van der Waals surface area (Å²) in [5.41, 5.74) is 2.29. The summed E-state index contributed by atoms with van der Waals surface area (Å²) >= 11 is 3.93. The van der Waals surface area contributed by atoms with Crippen LogP contribution in [0.1, 0.15) is 5.56 Å². The molecule has 1 N–H and O–H groups in total. The van der Waals surface area contributed by atoms with Gasteiger partial charge in [-0.05, 0) is 18.6 Å². The van der Waals surface area contributed by atoms with E-state index in [4.69, 9.17) is 0 Å². The van der Waals surface area contributed by atoms with Crippen LogP contribution < -0.4 is 41.9 Å². The van der Waals surface area contributed by atoms with Gasteiger partial charge in [0.25, 0.3) is 0 Å². The van der Waals surface area contributed by atoms with Crippen LogP contribution in [0.5, 0.6) is 0 Å². The molecule has 6 heteroatoms. The maximum atomic E-state index is 3.93. The first kappa shape index (κ1) is 23.6. The molecule has 0 unspecified atom stereocenters. The van der Waals surface area contributed by atoms with Gasteiger partial charge < -0.3 is 41.9 Å². The topological polar surface area (TPSA) is 12.0 Å². The van der Waals surface area contributed by atoms with Gasteiger partial charge in [0.05, 0.1) is 0 Å². The average molecular weight is 293 g/mol. The molecule has 0 amide bonds. The second-order valence-electron chi connectivity index (χ2n) is 1.93. The van der Waals surface area contributed by atoms with Crippen LogP contribution in [0.25, 0.3) is 0 Å². The van der Waals surface area contributed by atoms with Crippen LogP contribution in [0.2, 0.25) is 0 Å². The quantitative estimate of drug-likeness (QED) is 0.388. The summed E-state index contributed by atoms with van der Waals surface area (Å²) in [7, 11) is 0. The third-order valence-electron chi connectivity index (χ3n) is 1.27. The third kappa shape index (κ3) is 7.98. The Kier molecular flexibility index (Phi) is 23.5. The van der Waals surface area contributed by atoms with E-state index in [1.807, 2.05) is 31.2 Å². The molecule has 1 rings (SSSR count). The summed E-state index contributed by atoms with van der Waals surface area (Å²) in [5, 5.41) is 0. The summed E-state index contributed by atoms with van der Waals surface area (Å²) in [6.45, 7) is 2.04. The number of thiol groups is 1. The number of anilines is 1. The van der Waals surface area contributed by atoms with Crippen molar-refractivity contribution in [1.82, 2.24) is 0 Å². The number of para-hydroxylation sites is 1. The zero-order chi connectivity index (χ0) is 6.69. The van der Waals surface area contributed by atoms with Crippen molar-refractivity contribution >= 4 is 18.5 Å². The van der Waals surface area contributed by atoms with Crippen LogP contribution in [-0.2, 0) is 21.7 Å². The van der Waals surface area contributed by atoms with E-state index in [0.29, 0.717) is 0 Å². The fourth-order valence-electron chi connectivity index (χ4n) is 0.698. The largest absolute Gasteiger partial charge is 3.00 e. The molecule has 0 aliphatic rings. The fraction of sp³-hybridized carbons (Fsp3) is 0.143. The van der Waals surface area contributed by atoms with Gasteiger partial charge in [-0.2, -0.15) is 0 Å². The summed E-state index contributed by atoms with van der Waals surface area (Å²) in [6, 6.07) is 8.01. The molecule has 0 aliphatic carbocycles. The van der Waals surface area contributed by atoms with Crippen LogP contribution in [0, 0.1) is 6.92 Å². The summed E-state index contributed by atoms with van der Waals surface area (Å²) in [4.78, 5) is 0. The predicted molar refractivity (Wildman–Crippen MR) is 43.8 cm³/mol. The molecule has 0 aliphatic heterocycles. The summed E-state index contributed by atoms with van der Waals surface area (Å²) in [6.07, 6.45) is 0. The molecule has 13 heavy (non-hydrogen) atoms. The van der Waals surface area contributed by atoms with Crippen LogP contribution >= 0.6 is 12.8 Å². The van der Waals surface area contributed by atoms with Gasteiger partial charge in [0.15, 0.2) is 0 Å². The Balaban J connectivity index is -0.000000101. The standard InChI is InChI=1S/C7H9NS.3ClH.Ti/c1-6-4-2-3-5-7(6)8-9;;;;/h2-5,8-9H,1H3;3*1H;/q;;;;+3/p-3. The molecular weight excluding hydrogens is 284 g/mol. The first-order valence-corrected chi connectivity index (χ1v) is 3.25. The van der Waals surface area contributed by atoms with Gasteiger partial charge in [-0.25, -0.2) is 0 Å². The maximum absolute atomic E-state index is 3.93. The molecule has 0 spiro atoms. The Morgan fingerprint density at radius 1 is 1.08 bits per heavy atom. The molecule has 1 aromatic rings. The fourth-order valence-corrected chi connectivity index (χ4v) is 0.949. The first-order chi connectivity index (χ1) is 4.34. The van der Waals surface area contributed by atoms with Crippen molar-refractivity contribution in [3.05, 3.63) is 29.8 Å². The van der Waals surface area contributed by atoms with E-state index in [1.54, 1.807) is 0 Å². The molecule has 0 fully saturated rings. The molecule has 73 valence electrons. The Morgan fingerprint density at radius 2 is 1.54 bits per heavy atom. The molecule has 1 nitrogen and oxygen atoms in total. The van der Waals surface area contributed by atoms with Crippen molar-refractivity contribution in [2.75, 3.05) is 4.72 Å². The van der Waals surface area contributed by atoms with E-state index in [1.165, 1.54) is 5.56 Å². The predicted octanol–water partition coefficient (Wildman–Crippen LogP) is -6.74. The van der Waals surface area contributed by atoms with Gasteiger partial charge in [0, 0.05) is 5.69 Å². The van der Waals surface area contributed by atoms with Gasteiger partial charge in [0.2, 0.25) is 0 Å². The Hall–Kier alpha value is 0.954. The normalized spacial score (nSPS) is 6.31. The van der Waals surface area contributed by atoms with Crippen molar-refractivity contribution in [1.29, 1.82) is 0 Å². The number of hydrogen-bond acceptors (Lipinski definition) is 2. The van der Waals surface area contributed by atoms with E-state index in [0.717, 1.165) is 5.69 Å². The minimum absolute atomic E-state index is 0. The summed E-state index contributed by atoms with van der Waals surface area (Å²) < 4.78 is 2.79. The number of hydrogen-bond donors (Lipinski definition) is 2. The third-order valence-corrected chi connectivity index (χ3v) is 1.51. The average Bonchev–Trinajstić information content (AvgIpc) is 1.89. The van der Waals surface area contributed by atoms with Crippen molar-refractivity contribution in [2.24, 2.45) is 0 Å². The smallest absolute Gasteiger partial charge is 1.00 e. The van der Waals surface area contributed by atoms with E-state index >= 15 is 0 Å². The van der Waals surface area contributed by atoms with Crippen LogP contribution in [0.4, 0.5) is 5.69 Å². The van der Waals surface area contributed by atoms with Crippen molar-refractivity contribution in [3.8, 4) is 0 Å². The molecule has 0 bridgehead atoms. The number of halogens is 3. The second kappa shape index (κ2) is 13.0. The molecule has 0 saturated carbocycles. The first-order valence-electron chi connectivity index (χ1n) is 2.80. The van der Waals surface area contributed by atoms with Crippen LogP contribution in [0.3, 0.4) is 0 Å². The minimum Gasteiger partial charge on any atom is -1.00 e. The molecule has 1 aromatic carbocycles. The maximum Gasteiger partial charge on any atom is 3.00 e. The van der Waals surface area contributed by atoms with Gasteiger partial charge in [-0.15, -0.1) is 0 Å². The van der Waals surface area contributed by atoms with E-state index < -0.39 is 0 Å². The van der Waals surface area contributed by atoms with Gasteiger partial charge in [0.1, 0.15) is 0 Å². The van der Waals surface area contributed by atoms with Gasteiger partial charge in [-0.3, -0.25) is 0 Å². The van der Waals surface area contributed by atoms with E-state index in [2.05, 4.69) is 17.5 Å². The van der Waals surface area contributed by atoms with Gasteiger partial charge >= 0.3 is 21.7 Å². The zero-order valence-electron chi connectivity index (χ0n) is 6.89. The number of aryl methyl sites for hydroxylation is 1. The second-order valence-corrected chi connectivity index (χ2v) is 2.15. The zero-order valence-corrected chi connectivity index (χ0v) is 11.6. The summed E-state index contributed by atoms with van der Waals surface area (Å²) in [5.74, 6) is 0. The molecule has 0 heterocycles. The molecule has 0 aromatic heterocycles. The van der Waals surface area contributed by atoms with E-state index in [9.17, 15) is 0 Å². The van der Waals surface area contributed by atoms with Crippen LogP contribution in [-0.4, -0.2) is 0 Å². The number of rotatable bonds is 1. The Morgan fingerprint density at radius 3 is 1.85 bits per heavy atom. The SMILES string of the molecule is Cc1ccccc1NS.[Cl-].[Cl-].[Cl-].[Ti+3]. The van der Waals surface area contributed by atoms with Gasteiger partial charge in [-0.1, -0.05) is 31.0 Å².